The third kappa shape index (κ3) is 2.53. The molecular formula is C16H18ClNO3. The fraction of sp³-hybridized carbons (Fsp3) is 0.500. The number of carbonyl (C=O) groups is 2. The van der Waals surface area contributed by atoms with E-state index in [0.717, 1.165) is 24.8 Å². The Labute approximate surface area is 128 Å². The Kier molecular flexibility index (Phi) is 3.66. The van der Waals surface area contributed by atoms with E-state index in [0.29, 0.717) is 16.5 Å². The normalized spacial score (nSPS) is 30.4. The number of aliphatic carboxylic acids is 1. The van der Waals surface area contributed by atoms with Gasteiger partial charge in [0.15, 0.2) is 0 Å². The molecule has 0 spiro atoms. The van der Waals surface area contributed by atoms with Crippen LogP contribution in [0, 0.1) is 24.7 Å². The van der Waals surface area contributed by atoms with Crippen molar-refractivity contribution in [1.82, 2.24) is 5.32 Å². The molecule has 21 heavy (non-hydrogen) atoms. The average molecular weight is 308 g/mol. The van der Waals surface area contributed by atoms with Gasteiger partial charge in [0, 0.05) is 16.6 Å². The summed E-state index contributed by atoms with van der Waals surface area (Å²) in [5.74, 6) is -0.973. The second-order valence-corrected chi connectivity index (χ2v) is 6.59. The fourth-order valence-corrected chi connectivity index (χ4v) is 4.09. The maximum atomic E-state index is 12.5. The van der Waals surface area contributed by atoms with E-state index < -0.39 is 11.9 Å². The summed E-state index contributed by atoms with van der Waals surface area (Å²) in [6.45, 7) is 1.85. The summed E-state index contributed by atoms with van der Waals surface area (Å²) in [5.41, 5.74) is 1.36. The molecule has 4 atom stereocenters. The molecule has 0 radical (unpaired) electrons. The summed E-state index contributed by atoms with van der Waals surface area (Å²) < 4.78 is 0. The van der Waals surface area contributed by atoms with Gasteiger partial charge in [0.2, 0.25) is 0 Å². The zero-order valence-corrected chi connectivity index (χ0v) is 12.6. The fourth-order valence-electron chi connectivity index (χ4n) is 3.92. The Morgan fingerprint density at radius 1 is 1.29 bits per heavy atom. The van der Waals surface area contributed by atoms with Crippen LogP contribution in [0.5, 0.6) is 0 Å². The van der Waals surface area contributed by atoms with Gasteiger partial charge < -0.3 is 10.4 Å². The van der Waals surface area contributed by atoms with Crippen molar-refractivity contribution in [3.8, 4) is 0 Å². The molecule has 2 aliphatic carbocycles. The lowest BCUT2D eigenvalue weighted by molar-refractivity contribution is -0.144. The number of nitrogens with one attached hydrogen (secondary N) is 1. The van der Waals surface area contributed by atoms with Gasteiger partial charge in [0.05, 0.1) is 5.92 Å². The van der Waals surface area contributed by atoms with Crippen LogP contribution in [0.1, 0.15) is 35.2 Å². The van der Waals surface area contributed by atoms with Crippen molar-refractivity contribution in [2.24, 2.45) is 17.8 Å². The molecule has 2 aliphatic rings. The first-order chi connectivity index (χ1) is 9.97. The van der Waals surface area contributed by atoms with Crippen LogP contribution in [0.2, 0.25) is 5.02 Å². The molecule has 5 heteroatoms. The van der Waals surface area contributed by atoms with E-state index in [9.17, 15) is 14.7 Å². The number of rotatable bonds is 3. The van der Waals surface area contributed by atoms with E-state index in [4.69, 9.17) is 11.6 Å². The average Bonchev–Trinajstić information content (AvgIpc) is 3.02. The molecule has 1 aromatic carbocycles. The molecule has 0 saturated heterocycles. The van der Waals surface area contributed by atoms with Crippen molar-refractivity contribution in [2.45, 2.75) is 32.2 Å². The molecule has 0 aromatic heterocycles. The highest BCUT2D eigenvalue weighted by atomic mass is 35.5. The maximum Gasteiger partial charge on any atom is 0.308 e. The van der Waals surface area contributed by atoms with Gasteiger partial charge in [-0.3, -0.25) is 9.59 Å². The molecule has 1 amide bonds. The molecule has 112 valence electrons. The highest BCUT2D eigenvalue weighted by molar-refractivity contribution is 6.31. The van der Waals surface area contributed by atoms with Crippen LogP contribution >= 0.6 is 11.6 Å². The number of hydrogen-bond donors (Lipinski definition) is 2. The predicted octanol–water partition coefficient (Wildman–Crippen LogP) is 2.88. The lowest BCUT2D eigenvalue weighted by atomic mass is 9.84. The van der Waals surface area contributed by atoms with E-state index in [2.05, 4.69) is 5.32 Å². The first kappa shape index (κ1) is 14.4. The van der Waals surface area contributed by atoms with Crippen LogP contribution in [-0.2, 0) is 4.79 Å². The quantitative estimate of drug-likeness (QED) is 0.902. The summed E-state index contributed by atoms with van der Waals surface area (Å²) in [5, 5.41) is 12.9. The van der Waals surface area contributed by atoms with E-state index in [-0.39, 0.29) is 17.9 Å². The second-order valence-electron chi connectivity index (χ2n) is 6.16. The van der Waals surface area contributed by atoms with Crippen molar-refractivity contribution < 1.29 is 14.7 Å². The number of hydrogen-bond acceptors (Lipinski definition) is 2. The zero-order chi connectivity index (χ0) is 15.1. The highest BCUT2D eigenvalue weighted by Crippen LogP contribution is 2.48. The number of halogens is 1. The van der Waals surface area contributed by atoms with Crippen molar-refractivity contribution in [2.75, 3.05) is 0 Å². The first-order valence-corrected chi connectivity index (χ1v) is 7.65. The Morgan fingerprint density at radius 3 is 2.71 bits per heavy atom. The maximum absolute atomic E-state index is 12.5. The van der Waals surface area contributed by atoms with E-state index in [1.165, 1.54) is 0 Å². The molecule has 2 saturated carbocycles. The molecule has 3 rings (SSSR count). The van der Waals surface area contributed by atoms with Gasteiger partial charge >= 0.3 is 5.97 Å². The minimum atomic E-state index is -0.796. The minimum Gasteiger partial charge on any atom is -0.481 e. The van der Waals surface area contributed by atoms with Crippen LogP contribution in [0.3, 0.4) is 0 Å². The van der Waals surface area contributed by atoms with Crippen LogP contribution in [0.4, 0.5) is 0 Å². The van der Waals surface area contributed by atoms with Gasteiger partial charge in [-0.05, 0) is 55.7 Å². The number of carbonyl (C=O) groups excluding carboxylic acids is 1. The van der Waals surface area contributed by atoms with Crippen molar-refractivity contribution in [1.29, 1.82) is 0 Å². The SMILES string of the molecule is Cc1ccc(Cl)cc1C(=O)NC1C2CCC(C2)C1C(=O)O. The van der Waals surface area contributed by atoms with Gasteiger partial charge in [-0.1, -0.05) is 17.7 Å². The summed E-state index contributed by atoms with van der Waals surface area (Å²) in [4.78, 5) is 23.9. The zero-order valence-electron chi connectivity index (χ0n) is 11.8. The van der Waals surface area contributed by atoms with Gasteiger partial charge in [0.25, 0.3) is 5.91 Å². The predicted molar refractivity (Wildman–Crippen MR) is 79.4 cm³/mol. The molecule has 4 nitrogen and oxygen atoms in total. The molecule has 2 fully saturated rings. The lowest BCUT2D eigenvalue weighted by Crippen LogP contribution is -2.46. The summed E-state index contributed by atoms with van der Waals surface area (Å²) in [6.07, 6.45) is 2.88. The van der Waals surface area contributed by atoms with Gasteiger partial charge in [0.1, 0.15) is 0 Å². The number of benzene rings is 1. The number of carboxylic acids is 1. The number of carboxylic acid groups (broad SMARTS) is 1. The van der Waals surface area contributed by atoms with Crippen molar-refractivity contribution in [3.63, 3.8) is 0 Å². The molecule has 2 bridgehead atoms. The number of amides is 1. The third-order valence-electron chi connectivity index (χ3n) is 4.94. The Balaban J connectivity index is 1.81. The van der Waals surface area contributed by atoms with E-state index in [1.807, 2.05) is 6.92 Å². The first-order valence-electron chi connectivity index (χ1n) is 7.27. The smallest absolute Gasteiger partial charge is 0.308 e. The second kappa shape index (κ2) is 5.34. The van der Waals surface area contributed by atoms with Crippen molar-refractivity contribution >= 4 is 23.5 Å². The van der Waals surface area contributed by atoms with E-state index in [1.54, 1.807) is 18.2 Å². The minimum absolute atomic E-state index is 0.207. The number of fused-ring (bicyclic) bond motifs is 2. The molecule has 4 unspecified atom stereocenters. The standard InChI is InChI=1S/C16H18ClNO3/c1-8-2-5-11(17)7-12(8)15(19)18-14-10-4-3-9(6-10)13(14)16(20)21/h2,5,7,9-10,13-14H,3-4,6H2,1H3,(H,18,19)(H,20,21). The topological polar surface area (TPSA) is 66.4 Å². The van der Waals surface area contributed by atoms with Crippen LogP contribution < -0.4 is 5.32 Å². The largest absolute Gasteiger partial charge is 0.481 e. The van der Waals surface area contributed by atoms with Crippen molar-refractivity contribution in [3.05, 3.63) is 34.3 Å². The lowest BCUT2D eigenvalue weighted by Gasteiger charge is -2.29. The molecule has 1 aromatic rings. The summed E-state index contributed by atoms with van der Waals surface area (Å²) in [7, 11) is 0. The third-order valence-corrected chi connectivity index (χ3v) is 5.18. The Bertz CT molecular complexity index is 601. The number of aryl methyl sites for hydroxylation is 1. The summed E-state index contributed by atoms with van der Waals surface area (Å²) in [6, 6.07) is 4.92. The monoisotopic (exact) mass is 307 g/mol. The Morgan fingerprint density at radius 2 is 2.00 bits per heavy atom. The van der Waals surface area contributed by atoms with Gasteiger partial charge in [-0.25, -0.2) is 0 Å². The van der Waals surface area contributed by atoms with Crippen LogP contribution in [-0.4, -0.2) is 23.0 Å². The van der Waals surface area contributed by atoms with Crippen LogP contribution in [0.15, 0.2) is 18.2 Å². The van der Waals surface area contributed by atoms with E-state index >= 15 is 0 Å². The van der Waals surface area contributed by atoms with Crippen LogP contribution in [0.25, 0.3) is 0 Å². The summed E-state index contributed by atoms with van der Waals surface area (Å²) >= 11 is 5.95. The van der Waals surface area contributed by atoms with Gasteiger partial charge in [-0.15, -0.1) is 0 Å². The highest BCUT2D eigenvalue weighted by Gasteiger charge is 2.51. The molecule has 0 aliphatic heterocycles. The van der Waals surface area contributed by atoms with Gasteiger partial charge in [-0.2, -0.15) is 0 Å². The molecular weight excluding hydrogens is 290 g/mol. The molecule has 0 heterocycles. The Hall–Kier alpha value is -1.55. The molecule has 2 N–H and O–H groups in total.